The van der Waals surface area contributed by atoms with Crippen LogP contribution < -0.4 is 16.4 Å². The van der Waals surface area contributed by atoms with E-state index in [4.69, 9.17) is 34.0 Å². The second-order valence-corrected chi connectivity index (χ2v) is 9.40. The maximum absolute atomic E-state index is 12.8. The van der Waals surface area contributed by atoms with Crippen LogP contribution in [0.1, 0.15) is 37.6 Å². The number of amidine groups is 1. The summed E-state index contributed by atoms with van der Waals surface area (Å²) in [4.78, 5) is 17.1. The molecule has 2 amide bonds. The number of fused-ring (bicyclic) bond motifs is 1. The second-order valence-electron chi connectivity index (χ2n) is 8.62. The molecule has 0 bridgehead atoms. The highest BCUT2D eigenvalue weighted by Gasteiger charge is 2.23. The van der Waals surface area contributed by atoms with Crippen LogP contribution in [-0.2, 0) is 11.8 Å². The molecule has 0 saturated heterocycles. The lowest BCUT2D eigenvalue weighted by Crippen LogP contribution is -2.23. The largest absolute Gasteiger partial charge is 0.383 e. The van der Waals surface area contributed by atoms with Crippen LogP contribution in [0.25, 0.3) is 5.69 Å². The van der Waals surface area contributed by atoms with Crippen molar-refractivity contribution in [2.45, 2.75) is 32.6 Å². The summed E-state index contributed by atoms with van der Waals surface area (Å²) in [7, 11) is 0. The number of aromatic nitrogens is 2. The Morgan fingerprint density at radius 1 is 1.12 bits per heavy atom. The van der Waals surface area contributed by atoms with Gasteiger partial charge in [-0.3, -0.25) is 10.3 Å². The van der Waals surface area contributed by atoms with E-state index in [9.17, 15) is 4.79 Å². The average molecular weight is 471 g/mol. The number of carbonyl (C=O) groups excluding carboxylic acids is 1. The first-order valence-electron chi connectivity index (χ1n) is 10.2. The van der Waals surface area contributed by atoms with Gasteiger partial charge in [-0.05, 0) is 36.2 Å². The molecule has 3 aromatic rings. The Bertz CT molecular complexity index is 1230. The average Bonchev–Trinajstić information content (AvgIpc) is 3.16. The first kappa shape index (κ1) is 22.2. The summed E-state index contributed by atoms with van der Waals surface area (Å²) < 4.78 is 1.70. The number of hydrogen-bond acceptors (Lipinski definition) is 4. The molecule has 0 unspecified atom stereocenters. The van der Waals surface area contributed by atoms with Crippen LogP contribution in [-0.4, -0.2) is 28.2 Å². The molecule has 4 N–H and O–H groups in total. The first-order valence-corrected chi connectivity index (χ1v) is 11.0. The maximum atomic E-state index is 12.8. The maximum Gasteiger partial charge on any atom is 0.324 e. The fourth-order valence-corrected chi connectivity index (χ4v) is 3.79. The molecule has 32 heavy (non-hydrogen) atoms. The number of aliphatic imine (C=N–C) groups is 1. The van der Waals surface area contributed by atoms with Crippen molar-refractivity contribution in [1.82, 2.24) is 9.78 Å². The highest BCUT2D eigenvalue weighted by molar-refractivity contribution is 6.44. The molecule has 0 aliphatic carbocycles. The second kappa shape index (κ2) is 8.48. The molecule has 9 heteroatoms. The molecule has 7 nitrogen and oxygen atoms in total. The summed E-state index contributed by atoms with van der Waals surface area (Å²) >= 11 is 12.2. The summed E-state index contributed by atoms with van der Waals surface area (Å²) in [6.45, 7) is 6.87. The highest BCUT2D eigenvalue weighted by Crippen LogP contribution is 2.31. The van der Waals surface area contributed by atoms with Gasteiger partial charge in [0.2, 0.25) is 0 Å². The minimum absolute atomic E-state index is 0.219. The quantitative estimate of drug-likeness (QED) is 0.478. The van der Waals surface area contributed by atoms with Crippen LogP contribution >= 0.6 is 23.2 Å². The van der Waals surface area contributed by atoms with Gasteiger partial charge in [0.25, 0.3) is 0 Å². The monoisotopic (exact) mass is 470 g/mol. The minimum Gasteiger partial charge on any atom is -0.383 e. The van der Waals surface area contributed by atoms with Crippen molar-refractivity contribution in [2.24, 2.45) is 10.7 Å². The van der Waals surface area contributed by atoms with Crippen LogP contribution in [0.15, 0.2) is 47.5 Å². The van der Waals surface area contributed by atoms with E-state index >= 15 is 0 Å². The molecule has 0 atom stereocenters. The Labute approximate surface area is 196 Å². The molecule has 2 heterocycles. The smallest absolute Gasteiger partial charge is 0.324 e. The lowest BCUT2D eigenvalue weighted by atomic mass is 9.92. The van der Waals surface area contributed by atoms with Gasteiger partial charge in [0, 0.05) is 23.6 Å². The molecule has 1 aliphatic heterocycles. The first-order chi connectivity index (χ1) is 15.1. The number of urea groups is 1. The summed E-state index contributed by atoms with van der Waals surface area (Å²) in [6, 6.07) is 12.4. The van der Waals surface area contributed by atoms with E-state index in [2.05, 4.69) is 36.4 Å². The molecule has 4 rings (SSSR count). The van der Waals surface area contributed by atoms with E-state index in [1.165, 1.54) is 0 Å². The van der Waals surface area contributed by atoms with E-state index in [0.29, 0.717) is 28.9 Å². The molecule has 166 valence electrons. The Balaban J connectivity index is 1.69. The molecular formula is C23H24Cl2N6O. The number of nitrogens with one attached hydrogen (secondary N) is 2. The van der Waals surface area contributed by atoms with Crippen LogP contribution in [0.3, 0.4) is 0 Å². The van der Waals surface area contributed by atoms with Crippen molar-refractivity contribution in [3.63, 3.8) is 0 Å². The van der Waals surface area contributed by atoms with Gasteiger partial charge in [0.05, 0.1) is 27.1 Å². The third-order valence-corrected chi connectivity index (χ3v) is 6.02. The van der Waals surface area contributed by atoms with Crippen molar-refractivity contribution in [3.8, 4) is 5.69 Å². The number of benzene rings is 2. The molecule has 2 aromatic carbocycles. The number of nitrogens with two attached hydrogens (primary N) is 1. The van der Waals surface area contributed by atoms with Crippen molar-refractivity contribution < 1.29 is 4.79 Å². The third-order valence-electron chi connectivity index (χ3n) is 5.20. The van der Waals surface area contributed by atoms with Gasteiger partial charge < -0.3 is 11.1 Å². The van der Waals surface area contributed by atoms with Crippen LogP contribution in [0.2, 0.25) is 10.0 Å². The van der Waals surface area contributed by atoms with E-state index in [1.54, 1.807) is 22.9 Å². The van der Waals surface area contributed by atoms with Gasteiger partial charge in [-0.1, -0.05) is 56.1 Å². The van der Waals surface area contributed by atoms with Gasteiger partial charge >= 0.3 is 6.03 Å². The van der Waals surface area contributed by atoms with Crippen molar-refractivity contribution in [3.05, 3.63) is 69.3 Å². The zero-order valence-corrected chi connectivity index (χ0v) is 19.6. The zero-order chi connectivity index (χ0) is 23.0. The van der Waals surface area contributed by atoms with Gasteiger partial charge in [-0.2, -0.15) is 5.10 Å². The SMILES string of the molecule is CC(C)(C)c1cc(NC(=O)Nc2cccc(Cl)c2Cl)n(-c2ccc3c(c2)C(N)=NCC3)n1. The Hall–Kier alpha value is -3.03. The molecule has 0 saturated carbocycles. The highest BCUT2D eigenvalue weighted by atomic mass is 35.5. The van der Waals surface area contributed by atoms with E-state index in [-0.39, 0.29) is 10.4 Å². The van der Waals surface area contributed by atoms with E-state index in [0.717, 1.165) is 28.9 Å². The number of nitrogens with zero attached hydrogens (tertiary/aromatic N) is 3. The lowest BCUT2D eigenvalue weighted by Gasteiger charge is -2.17. The summed E-state index contributed by atoms with van der Waals surface area (Å²) in [5.74, 6) is 1.02. The summed E-state index contributed by atoms with van der Waals surface area (Å²) in [5, 5.41) is 11.0. The standard InChI is InChI=1S/C23H24Cl2N6O/c1-23(2,3)18-12-19(29-22(32)28-17-6-4-5-16(24)20(17)25)31(30-18)14-8-7-13-9-10-27-21(26)15(13)11-14/h4-8,11-12H,9-10H2,1-3H3,(H2,26,27)(H2,28,29,32). The van der Waals surface area contributed by atoms with Crippen molar-refractivity contribution in [1.29, 1.82) is 0 Å². The Morgan fingerprint density at radius 3 is 2.66 bits per heavy atom. The normalized spacial score (nSPS) is 13.3. The third kappa shape index (κ3) is 4.45. The molecule has 1 aliphatic rings. The molecule has 0 spiro atoms. The van der Waals surface area contributed by atoms with E-state index in [1.807, 2.05) is 24.3 Å². The fourth-order valence-electron chi connectivity index (χ4n) is 3.44. The Morgan fingerprint density at radius 2 is 1.91 bits per heavy atom. The van der Waals surface area contributed by atoms with Gasteiger partial charge in [-0.25, -0.2) is 9.48 Å². The van der Waals surface area contributed by atoms with E-state index < -0.39 is 6.03 Å². The van der Waals surface area contributed by atoms with Crippen molar-refractivity contribution >= 4 is 46.6 Å². The topological polar surface area (TPSA) is 97.3 Å². The summed E-state index contributed by atoms with van der Waals surface area (Å²) in [5.41, 5.74) is 9.95. The predicted molar refractivity (Wildman–Crippen MR) is 131 cm³/mol. The predicted octanol–water partition coefficient (Wildman–Crippen LogP) is 5.38. The molecular weight excluding hydrogens is 447 g/mol. The number of amides is 2. The molecule has 1 aromatic heterocycles. The number of carbonyl (C=O) groups is 1. The summed E-state index contributed by atoms with van der Waals surface area (Å²) in [6.07, 6.45) is 0.844. The number of rotatable bonds is 3. The van der Waals surface area contributed by atoms with Gasteiger partial charge in [0.15, 0.2) is 0 Å². The molecule has 0 fully saturated rings. The van der Waals surface area contributed by atoms with Crippen molar-refractivity contribution in [2.75, 3.05) is 17.2 Å². The number of anilines is 2. The van der Waals surface area contributed by atoms with Gasteiger partial charge in [0.1, 0.15) is 11.7 Å². The van der Waals surface area contributed by atoms with Crippen LogP contribution in [0, 0.1) is 0 Å². The minimum atomic E-state index is -0.463. The lowest BCUT2D eigenvalue weighted by molar-refractivity contribution is 0.262. The zero-order valence-electron chi connectivity index (χ0n) is 18.0. The molecule has 0 radical (unpaired) electrons. The Kier molecular flexibility index (Phi) is 5.88. The number of hydrogen-bond donors (Lipinski definition) is 3. The van der Waals surface area contributed by atoms with Crippen LogP contribution in [0.4, 0.5) is 16.3 Å². The fraction of sp³-hybridized carbons (Fsp3) is 0.261. The van der Waals surface area contributed by atoms with Crippen LogP contribution in [0.5, 0.6) is 0 Å². The number of halogens is 2. The van der Waals surface area contributed by atoms with Gasteiger partial charge in [-0.15, -0.1) is 0 Å².